The summed E-state index contributed by atoms with van der Waals surface area (Å²) >= 11 is 7.43. The topological polar surface area (TPSA) is 67.4 Å². The number of ether oxygens (including phenoxy) is 1. The van der Waals surface area contributed by atoms with Gasteiger partial charge in [-0.2, -0.15) is 0 Å². The first-order chi connectivity index (χ1) is 13.0. The number of rotatable bonds is 5. The first-order valence-electron chi connectivity index (χ1n) is 9.13. The molecule has 2 aromatic rings. The van der Waals surface area contributed by atoms with Crippen molar-refractivity contribution < 1.29 is 14.3 Å². The molecular formula is C20H23ClN2O3S. The number of amides is 2. The monoisotopic (exact) mass is 406 g/mol. The van der Waals surface area contributed by atoms with E-state index < -0.39 is 6.03 Å². The highest BCUT2D eigenvalue weighted by molar-refractivity contribution is 7.17. The first kappa shape index (κ1) is 19.7. The van der Waals surface area contributed by atoms with Gasteiger partial charge in [-0.25, -0.2) is 9.59 Å². The smallest absolute Gasteiger partial charge is 0.341 e. The van der Waals surface area contributed by atoms with E-state index in [2.05, 4.69) is 17.6 Å². The molecule has 0 bridgehead atoms. The van der Waals surface area contributed by atoms with Crippen molar-refractivity contribution in [3.8, 4) is 0 Å². The predicted octanol–water partition coefficient (Wildman–Crippen LogP) is 5.74. The number of benzene rings is 1. The summed E-state index contributed by atoms with van der Waals surface area (Å²) in [4.78, 5) is 26.2. The molecule has 0 saturated carbocycles. The van der Waals surface area contributed by atoms with Gasteiger partial charge in [0.2, 0.25) is 0 Å². The third-order valence-electron chi connectivity index (χ3n) is 4.46. The molecule has 1 aromatic carbocycles. The largest absolute Gasteiger partial charge is 0.462 e. The molecule has 7 heteroatoms. The van der Waals surface area contributed by atoms with Crippen molar-refractivity contribution in [2.45, 2.75) is 39.5 Å². The molecule has 2 N–H and O–H groups in total. The zero-order chi connectivity index (χ0) is 19.4. The molecule has 0 saturated heterocycles. The maximum absolute atomic E-state index is 12.6. The van der Waals surface area contributed by atoms with Crippen LogP contribution in [0.5, 0.6) is 0 Å². The Morgan fingerprint density at radius 3 is 2.89 bits per heavy atom. The number of hydrogen-bond donors (Lipinski definition) is 2. The molecule has 144 valence electrons. The van der Waals surface area contributed by atoms with Gasteiger partial charge in [-0.05, 0) is 55.4 Å². The predicted molar refractivity (Wildman–Crippen MR) is 110 cm³/mol. The lowest BCUT2D eigenvalue weighted by molar-refractivity contribution is 0.0505. The van der Waals surface area contributed by atoms with E-state index in [1.165, 1.54) is 11.3 Å². The van der Waals surface area contributed by atoms with E-state index >= 15 is 0 Å². The lowest BCUT2D eigenvalue weighted by atomic mass is 9.88. The van der Waals surface area contributed by atoms with Gasteiger partial charge in [0.05, 0.1) is 12.2 Å². The molecule has 1 atom stereocenters. The summed E-state index contributed by atoms with van der Waals surface area (Å²) in [6.45, 7) is 4.53. The van der Waals surface area contributed by atoms with E-state index in [1.54, 1.807) is 24.3 Å². The summed E-state index contributed by atoms with van der Waals surface area (Å²) in [5.74, 6) is 0.214. The van der Waals surface area contributed by atoms with E-state index in [-0.39, 0.29) is 5.97 Å². The lowest BCUT2D eigenvalue weighted by Crippen LogP contribution is -2.21. The van der Waals surface area contributed by atoms with Gasteiger partial charge in [0, 0.05) is 15.6 Å². The minimum absolute atomic E-state index is 0.359. The van der Waals surface area contributed by atoms with Crippen LogP contribution in [0.25, 0.3) is 0 Å². The molecule has 5 nitrogen and oxygen atoms in total. The van der Waals surface area contributed by atoms with Crippen molar-refractivity contribution >= 4 is 45.6 Å². The molecule has 2 amide bonds. The summed E-state index contributed by atoms with van der Waals surface area (Å²) < 4.78 is 5.36. The molecule has 1 aliphatic rings. The van der Waals surface area contributed by atoms with Gasteiger partial charge in [-0.3, -0.25) is 5.32 Å². The quantitative estimate of drug-likeness (QED) is 0.622. The van der Waals surface area contributed by atoms with Gasteiger partial charge in [-0.1, -0.05) is 31.5 Å². The fourth-order valence-corrected chi connectivity index (χ4v) is 4.74. The zero-order valence-electron chi connectivity index (χ0n) is 15.4. The third-order valence-corrected chi connectivity index (χ3v) is 5.87. The lowest BCUT2D eigenvalue weighted by Gasteiger charge is -2.18. The van der Waals surface area contributed by atoms with Crippen molar-refractivity contribution in [2.24, 2.45) is 5.92 Å². The fraction of sp³-hybridized carbons (Fsp3) is 0.400. The molecule has 0 fully saturated rings. The second kappa shape index (κ2) is 8.76. The Kier molecular flexibility index (Phi) is 6.39. The summed E-state index contributed by atoms with van der Waals surface area (Å²) in [5, 5.41) is 6.67. The minimum atomic E-state index is -0.409. The summed E-state index contributed by atoms with van der Waals surface area (Å²) in [7, 11) is 0. The second-order valence-electron chi connectivity index (χ2n) is 6.78. The average Bonchev–Trinajstić information content (AvgIpc) is 2.96. The number of hydrogen-bond acceptors (Lipinski definition) is 4. The van der Waals surface area contributed by atoms with Crippen LogP contribution >= 0.6 is 22.9 Å². The van der Waals surface area contributed by atoms with Crippen LogP contribution in [0.3, 0.4) is 0 Å². The summed E-state index contributed by atoms with van der Waals surface area (Å²) in [6.07, 6.45) is 3.55. The standard InChI is InChI=1S/C20H23ClN2O3S/c1-3-9-26-19(24)17-15-8-7-12(2)10-16(15)27-18(17)23-20(25)22-14-6-4-5-13(21)11-14/h4-6,11-12H,3,7-10H2,1-2H3,(H2,22,23,25)/t12-/m1/s1. The zero-order valence-corrected chi connectivity index (χ0v) is 17.0. The van der Waals surface area contributed by atoms with E-state index in [0.29, 0.717) is 33.8 Å². The summed E-state index contributed by atoms with van der Waals surface area (Å²) in [5.41, 5.74) is 2.12. The van der Waals surface area contributed by atoms with Crippen LogP contribution in [0.1, 0.15) is 47.5 Å². The molecule has 1 aromatic heterocycles. The maximum Gasteiger partial charge on any atom is 0.341 e. The van der Waals surface area contributed by atoms with Crippen LogP contribution in [-0.4, -0.2) is 18.6 Å². The van der Waals surface area contributed by atoms with E-state index in [4.69, 9.17) is 16.3 Å². The van der Waals surface area contributed by atoms with Crippen LogP contribution in [0.2, 0.25) is 5.02 Å². The fourth-order valence-electron chi connectivity index (χ4n) is 3.15. The van der Waals surface area contributed by atoms with Crippen molar-refractivity contribution in [3.05, 3.63) is 45.3 Å². The molecule has 27 heavy (non-hydrogen) atoms. The molecule has 1 aliphatic carbocycles. The number of halogens is 1. The second-order valence-corrected chi connectivity index (χ2v) is 8.32. The van der Waals surface area contributed by atoms with Crippen molar-refractivity contribution in [1.82, 2.24) is 0 Å². The van der Waals surface area contributed by atoms with Gasteiger partial charge >= 0.3 is 12.0 Å². The van der Waals surface area contributed by atoms with E-state index in [9.17, 15) is 9.59 Å². The Morgan fingerprint density at radius 2 is 2.15 bits per heavy atom. The van der Waals surface area contributed by atoms with Crippen LogP contribution in [-0.2, 0) is 17.6 Å². The number of thiophene rings is 1. The van der Waals surface area contributed by atoms with Crippen LogP contribution in [0.15, 0.2) is 24.3 Å². The first-order valence-corrected chi connectivity index (χ1v) is 10.3. The Labute approximate surface area is 168 Å². The van der Waals surface area contributed by atoms with Crippen LogP contribution < -0.4 is 10.6 Å². The number of carbonyl (C=O) groups is 2. The third kappa shape index (κ3) is 4.82. The molecule has 0 aliphatic heterocycles. The van der Waals surface area contributed by atoms with E-state index in [1.807, 2.05) is 6.92 Å². The average molecular weight is 407 g/mol. The Bertz CT molecular complexity index is 850. The highest BCUT2D eigenvalue weighted by atomic mass is 35.5. The van der Waals surface area contributed by atoms with Gasteiger partial charge in [0.15, 0.2) is 0 Å². The van der Waals surface area contributed by atoms with Crippen molar-refractivity contribution in [1.29, 1.82) is 0 Å². The van der Waals surface area contributed by atoms with Crippen molar-refractivity contribution in [2.75, 3.05) is 17.2 Å². The number of urea groups is 1. The molecule has 0 unspecified atom stereocenters. The number of nitrogens with one attached hydrogen (secondary N) is 2. The number of esters is 1. The highest BCUT2D eigenvalue weighted by Gasteiger charge is 2.29. The Morgan fingerprint density at radius 1 is 1.33 bits per heavy atom. The SMILES string of the molecule is CCCOC(=O)c1c(NC(=O)Nc2cccc(Cl)c2)sc2c1CC[C@@H](C)C2. The van der Waals surface area contributed by atoms with Gasteiger partial charge in [0.25, 0.3) is 0 Å². The Balaban J connectivity index is 1.83. The van der Waals surface area contributed by atoms with Crippen molar-refractivity contribution in [3.63, 3.8) is 0 Å². The normalized spacial score (nSPS) is 15.7. The van der Waals surface area contributed by atoms with Gasteiger partial charge in [0.1, 0.15) is 5.00 Å². The molecule has 3 rings (SSSR count). The molecular weight excluding hydrogens is 384 g/mol. The van der Waals surface area contributed by atoms with Crippen LogP contribution in [0, 0.1) is 5.92 Å². The number of carbonyl (C=O) groups excluding carboxylic acids is 2. The maximum atomic E-state index is 12.6. The van der Waals surface area contributed by atoms with Crippen LogP contribution in [0.4, 0.5) is 15.5 Å². The van der Waals surface area contributed by atoms with E-state index in [0.717, 1.165) is 36.1 Å². The summed E-state index contributed by atoms with van der Waals surface area (Å²) in [6, 6.07) is 6.51. The van der Waals surface area contributed by atoms with Gasteiger partial charge in [-0.15, -0.1) is 11.3 Å². The molecule has 0 spiro atoms. The van der Waals surface area contributed by atoms with Gasteiger partial charge < -0.3 is 10.1 Å². The number of anilines is 2. The minimum Gasteiger partial charge on any atom is -0.462 e. The number of fused-ring (bicyclic) bond motifs is 1. The highest BCUT2D eigenvalue weighted by Crippen LogP contribution is 2.40. The molecule has 0 radical (unpaired) electrons. The Hall–Kier alpha value is -2.05. The molecule has 1 heterocycles.